The summed E-state index contributed by atoms with van der Waals surface area (Å²) in [5.41, 5.74) is 3.01. The van der Waals surface area contributed by atoms with Crippen molar-refractivity contribution < 1.29 is 9.90 Å². The number of hydrogen-bond acceptors (Lipinski definition) is 1. The molecule has 1 unspecified atom stereocenters. The van der Waals surface area contributed by atoms with Crippen LogP contribution in [0.3, 0.4) is 0 Å². The number of aliphatic carboxylic acids is 1. The van der Waals surface area contributed by atoms with Crippen LogP contribution in [0, 0.1) is 5.92 Å². The lowest BCUT2D eigenvalue weighted by atomic mass is 9.95. The Morgan fingerprint density at radius 3 is 2.93 bits per heavy atom. The number of carboxylic acid groups (broad SMARTS) is 1. The highest BCUT2D eigenvalue weighted by Gasteiger charge is 2.23. The Hall–Kier alpha value is -1.28. The van der Waals surface area contributed by atoms with Crippen molar-refractivity contribution in [1.82, 2.24) is 0 Å². The smallest absolute Gasteiger partial charge is 0.310 e. The number of fused-ring (bicyclic) bond motifs is 1. The second-order valence-electron chi connectivity index (χ2n) is 3.72. The lowest BCUT2D eigenvalue weighted by Gasteiger charge is -2.10. The molecule has 0 radical (unpaired) electrons. The molecule has 1 atom stereocenters. The Kier molecular flexibility index (Phi) is 2.53. The maximum atomic E-state index is 10.9. The van der Waals surface area contributed by atoms with Crippen molar-refractivity contribution in [2.75, 3.05) is 0 Å². The average molecular weight is 223 g/mol. The molecular formula is C12H11ClO2. The molecule has 0 spiro atoms. The van der Waals surface area contributed by atoms with Crippen molar-refractivity contribution in [3.8, 4) is 0 Å². The molecule has 1 aromatic rings. The van der Waals surface area contributed by atoms with Crippen LogP contribution >= 0.6 is 11.6 Å². The summed E-state index contributed by atoms with van der Waals surface area (Å²) < 4.78 is 0. The van der Waals surface area contributed by atoms with Crippen molar-refractivity contribution in [2.45, 2.75) is 13.3 Å². The molecule has 15 heavy (non-hydrogen) atoms. The maximum absolute atomic E-state index is 10.9. The SMILES string of the molecule is CC(C(=O)O)C1=CCc2ccc(Cl)cc21. The minimum absolute atomic E-state index is 0.468. The second kappa shape index (κ2) is 3.70. The Labute approximate surface area is 93.2 Å². The van der Waals surface area contributed by atoms with E-state index in [0.717, 1.165) is 23.1 Å². The van der Waals surface area contributed by atoms with E-state index in [1.807, 2.05) is 24.3 Å². The molecule has 0 aromatic heterocycles. The van der Waals surface area contributed by atoms with Crippen molar-refractivity contribution in [3.05, 3.63) is 40.4 Å². The first-order valence-electron chi connectivity index (χ1n) is 4.81. The Morgan fingerprint density at radius 2 is 2.27 bits per heavy atom. The van der Waals surface area contributed by atoms with Gasteiger partial charge < -0.3 is 5.11 Å². The molecule has 0 heterocycles. The zero-order chi connectivity index (χ0) is 11.0. The molecule has 0 fully saturated rings. The van der Waals surface area contributed by atoms with E-state index in [0.29, 0.717) is 5.02 Å². The fourth-order valence-corrected chi connectivity index (χ4v) is 2.04. The van der Waals surface area contributed by atoms with E-state index >= 15 is 0 Å². The van der Waals surface area contributed by atoms with E-state index in [-0.39, 0.29) is 0 Å². The summed E-state index contributed by atoms with van der Waals surface area (Å²) in [7, 11) is 0. The van der Waals surface area contributed by atoms with Crippen molar-refractivity contribution >= 4 is 23.1 Å². The molecule has 1 aliphatic carbocycles. The number of carbonyl (C=O) groups is 1. The Balaban J connectivity index is 2.42. The van der Waals surface area contributed by atoms with E-state index in [9.17, 15) is 4.79 Å². The molecule has 2 rings (SSSR count). The quantitative estimate of drug-likeness (QED) is 0.835. The third-order valence-electron chi connectivity index (χ3n) is 2.76. The number of hydrogen-bond donors (Lipinski definition) is 1. The molecule has 0 amide bonds. The third kappa shape index (κ3) is 1.77. The van der Waals surface area contributed by atoms with Crippen LogP contribution in [-0.2, 0) is 11.2 Å². The zero-order valence-corrected chi connectivity index (χ0v) is 9.08. The monoisotopic (exact) mass is 222 g/mol. The third-order valence-corrected chi connectivity index (χ3v) is 3.00. The van der Waals surface area contributed by atoms with E-state index in [1.165, 1.54) is 0 Å². The van der Waals surface area contributed by atoms with Crippen LogP contribution < -0.4 is 0 Å². The van der Waals surface area contributed by atoms with Gasteiger partial charge in [-0.25, -0.2) is 0 Å². The van der Waals surface area contributed by atoms with Gasteiger partial charge in [-0.3, -0.25) is 4.79 Å². The summed E-state index contributed by atoms with van der Waals surface area (Å²) in [4.78, 5) is 10.9. The predicted molar refractivity (Wildman–Crippen MR) is 59.9 cm³/mol. The van der Waals surface area contributed by atoms with E-state index in [4.69, 9.17) is 16.7 Å². The average Bonchev–Trinajstić information content (AvgIpc) is 2.59. The van der Waals surface area contributed by atoms with Crippen molar-refractivity contribution in [1.29, 1.82) is 0 Å². The largest absolute Gasteiger partial charge is 0.481 e. The molecule has 1 N–H and O–H groups in total. The molecule has 1 aromatic carbocycles. The van der Waals surface area contributed by atoms with Gasteiger partial charge in [0.2, 0.25) is 0 Å². The summed E-state index contributed by atoms with van der Waals surface area (Å²) in [5.74, 6) is -1.27. The summed E-state index contributed by atoms with van der Waals surface area (Å²) in [6.45, 7) is 1.70. The summed E-state index contributed by atoms with van der Waals surface area (Å²) in [6.07, 6.45) is 2.78. The van der Waals surface area contributed by atoms with Gasteiger partial charge in [-0.2, -0.15) is 0 Å². The van der Waals surface area contributed by atoms with Crippen LogP contribution in [0.1, 0.15) is 18.1 Å². The molecular weight excluding hydrogens is 212 g/mol. The minimum atomic E-state index is -0.797. The van der Waals surface area contributed by atoms with Crippen LogP contribution in [0.5, 0.6) is 0 Å². The van der Waals surface area contributed by atoms with Crippen LogP contribution in [0.2, 0.25) is 5.02 Å². The standard InChI is InChI=1S/C12H11ClO2/c1-7(12(14)15)10-5-3-8-2-4-9(13)6-11(8)10/h2,4-7H,3H2,1H3,(H,14,15). The zero-order valence-electron chi connectivity index (χ0n) is 8.33. The molecule has 78 valence electrons. The van der Waals surface area contributed by atoms with Crippen molar-refractivity contribution in [3.63, 3.8) is 0 Å². The van der Waals surface area contributed by atoms with E-state index in [2.05, 4.69) is 0 Å². The van der Waals surface area contributed by atoms with E-state index in [1.54, 1.807) is 6.92 Å². The first-order valence-corrected chi connectivity index (χ1v) is 5.19. The number of benzene rings is 1. The highest BCUT2D eigenvalue weighted by molar-refractivity contribution is 6.30. The summed E-state index contributed by atoms with van der Waals surface area (Å²) >= 11 is 5.90. The molecule has 0 bridgehead atoms. The van der Waals surface area contributed by atoms with Gasteiger partial charge in [0.25, 0.3) is 0 Å². The van der Waals surface area contributed by atoms with Crippen LogP contribution in [0.25, 0.3) is 5.57 Å². The fourth-order valence-electron chi connectivity index (χ4n) is 1.87. The van der Waals surface area contributed by atoms with Crippen LogP contribution in [0.15, 0.2) is 24.3 Å². The fraction of sp³-hybridized carbons (Fsp3) is 0.250. The first-order chi connectivity index (χ1) is 7.09. The number of halogens is 1. The minimum Gasteiger partial charge on any atom is -0.481 e. The summed E-state index contributed by atoms with van der Waals surface area (Å²) in [5, 5.41) is 9.62. The van der Waals surface area contributed by atoms with Gasteiger partial charge in [0.1, 0.15) is 0 Å². The molecule has 0 saturated heterocycles. The van der Waals surface area contributed by atoms with Gasteiger partial charge in [-0.15, -0.1) is 0 Å². The first kappa shape index (κ1) is 10.2. The van der Waals surface area contributed by atoms with Gasteiger partial charge in [-0.05, 0) is 42.2 Å². The summed E-state index contributed by atoms with van der Waals surface area (Å²) in [6, 6.07) is 5.63. The molecule has 0 saturated carbocycles. The lowest BCUT2D eigenvalue weighted by Crippen LogP contribution is -2.10. The second-order valence-corrected chi connectivity index (χ2v) is 4.16. The number of rotatable bonds is 2. The van der Waals surface area contributed by atoms with E-state index < -0.39 is 11.9 Å². The molecule has 2 nitrogen and oxygen atoms in total. The highest BCUT2D eigenvalue weighted by Crippen LogP contribution is 2.34. The Bertz CT molecular complexity index is 449. The van der Waals surface area contributed by atoms with Gasteiger partial charge in [-0.1, -0.05) is 23.7 Å². The topological polar surface area (TPSA) is 37.3 Å². The molecule has 0 aliphatic heterocycles. The Morgan fingerprint density at radius 1 is 1.53 bits per heavy atom. The normalized spacial score (nSPS) is 15.7. The van der Waals surface area contributed by atoms with Gasteiger partial charge in [0.05, 0.1) is 5.92 Å². The van der Waals surface area contributed by atoms with Gasteiger partial charge in [0.15, 0.2) is 0 Å². The molecule has 3 heteroatoms. The highest BCUT2D eigenvalue weighted by atomic mass is 35.5. The van der Waals surface area contributed by atoms with Crippen LogP contribution in [-0.4, -0.2) is 11.1 Å². The van der Waals surface area contributed by atoms with Crippen LogP contribution in [0.4, 0.5) is 0 Å². The predicted octanol–water partition coefficient (Wildman–Crippen LogP) is 3.00. The number of allylic oxidation sites excluding steroid dienone is 1. The molecule has 1 aliphatic rings. The lowest BCUT2D eigenvalue weighted by molar-refractivity contribution is -0.139. The number of carboxylic acids is 1. The van der Waals surface area contributed by atoms with Crippen molar-refractivity contribution in [2.24, 2.45) is 5.92 Å². The maximum Gasteiger partial charge on any atom is 0.310 e. The van der Waals surface area contributed by atoms with Gasteiger partial charge >= 0.3 is 5.97 Å². The van der Waals surface area contributed by atoms with Gasteiger partial charge in [0, 0.05) is 5.02 Å².